The second-order valence-corrected chi connectivity index (χ2v) is 7.20. The van der Waals surface area contributed by atoms with E-state index in [9.17, 15) is 4.39 Å². The highest BCUT2D eigenvalue weighted by Crippen LogP contribution is 2.25. The Labute approximate surface area is 162 Å². The first-order valence-electron chi connectivity index (χ1n) is 9.03. The van der Waals surface area contributed by atoms with E-state index in [4.69, 9.17) is 17.3 Å². The van der Waals surface area contributed by atoms with Crippen molar-refractivity contribution in [2.24, 2.45) is 10.7 Å². The highest BCUT2D eigenvalue weighted by atomic mass is 35.5. The molecule has 3 aromatic rings. The normalized spacial score (nSPS) is 16.1. The SMILES string of the molecule is NC(=NC1CCNCC1)c1cc(F)c(Cn2ccc3cnccc32)c(Cl)c1. The lowest BCUT2D eigenvalue weighted by molar-refractivity contribution is 0.459. The number of hydrogen-bond acceptors (Lipinski definition) is 3. The van der Waals surface area contributed by atoms with E-state index in [-0.39, 0.29) is 11.9 Å². The van der Waals surface area contributed by atoms with Gasteiger partial charge in [-0.25, -0.2) is 4.39 Å². The van der Waals surface area contributed by atoms with Crippen LogP contribution in [0.5, 0.6) is 0 Å². The standard InChI is InChI=1S/C20H21ClFN5/c21-17-9-14(20(23)26-15-1-5-24-6-2-15)10-18(22)16(17)12-27-8-4-13-11-25-7-3-19(13)27/h3-4,7-11,15,24H,1-2,5-6,12H2,(H2,23,26). The molecule has 0 unspecified atom stereocenters. The minimum absolute atomic E-state index is 0.174. The third-order valence-corrected chi connectivity index (χ3v) is 5.30. The van der Waals surface area contributed by atoms with Gasteiger partial charge < -0.3 is 15.6 Å². The van der Waals surface area contributed by atoms with Crippen LogP contribution < -0.4 is 11.1 Å². The lowest BCUT2D eigenvalue weighted by Crippen LogP contribution is -2.31. The summed E-state index contributed by atoms with van der Waals surface area (Å²) in [6.45, 7) is 2.19. The highest BCUT2D eigenvalue weighted by Gasteiger charge is 2.16. The second-order valence-electron chi connectivity index (χ2n) is 6.79. The van der Waals surface area contributed by atoms with Crippen LogP contribution in [-0.4, -0.2) is 34.5 Å². The summed E-state index contributed by atoms with van der Waals surface area (Å²) in [4.78, 5) is 8.65. The predicted octanol–water partition coefficient (Wildman–Crippen LogP) is 3.33. The lowest BCUT2D eigenvalue weighted by atomic mass is 10.1. The van der Waals surface area contributed by atoms with Crippen LogP contribution in [0.3, 0.4) is 0 Å². The van der Waals surface area contributed by atoms with Gasteiger partial charge in [-0.1, -0.05) is 11.6 Å². The highest BCUT2D eigenvalue weighted by molar-refractivity contribution is 6.31. The van der Waals surface area contributed by atoms with Crippen LogP contribution >= 0.6 is 11.6 Å². The first-order chi connectivity index (χ1) is 13.1. The zero-order valence-corrected chi connectivity index (χ0v) is 15.6. The molecule has 1 aliphatic heterocycles. The van der Waals surface area contributed by atoms with Gasteiger partial charge in [0.1, 0.15) is 11.7 Å². The van der Waals surface area contributed by atoms with E-state index >= 15 is 0 Å². The number of pyridine rings is 1. The third-order valence-electron chi connectivity index (χ3n) is 4.97. The van der Waals surface area contributed by atoms with E-state index in [1.54, 1.807) is 18.5 Å². The number of nitrogens with zero attached hydrogens (tertiary/aromatic N) is 3. The monoisotopic (exact) mass is 385 g/mol. The summed E-state index contributed by atoms with van der Waals surface area (Å²) < 4.78 is 16.8. The smallest absolute Gasteiger partial charge is 0.130 e. The molecule has 2 aromatic heterocycles. The number of hydrogen-bond donors (Lipinski definition) is 2. The number of fused-ring (bicyclic) bond motifs is 1. The van der Waals surface area contributed by atoms with E-state index < -0.39 is 0 Å². The fraction of sp³-hybridized carbons (Fsp3) is 0.300. The van der Waals surface area contributed by atoms with Crippen molar-refractivity contribution in [1.29, 1.82) is 0 Å². The summed E-state index contributed by atoms with van der Waals surface area (Å²) >= 11 is 6.40. The molecule has 1 aliphatic rings. The summed E-state index contributed by atoms with van der Waals surface area (Å²) in [7, 11) is 0. The van der Waals surface area contributed by atoms with Gasteiger partial charge in [0.05, 0.1) is 18.1 Å². The van der Waals surface area contributed by atoms with Crippen molar-refractivity contribution < 1.29 is 4.39 Å². The van der Waals surface area contributed by atoms with Crippen LogP contribution in [0.15, 0.2) is 47.8 Å². The maximum Gasteiger partial charge on any atom is 0.130 e. The van der Waals surface area contributed by atoms with Crippen molar-refractivity contribution in [3.05, 3.63) is 64.8 Å². The Kier molecular flexibility index (Phi) is 5.09. The van der Waals surface area contributed by atoms with Crippen LogP contribution in [0.2, 0.25) is 5.02 Å². The van der Waals surface area contributed by atoms with Crippen LogP contribution in [0.1, 0.15) is 24.0 Å². The molecule has 1 aromatic carbocycles. The number of aliphatic imine (C=N–C) groups is 1. The van der Waals surface area contributed by atoms with Crippen molar-refractivity contribution in [3.8, 4) is 0 Å². The van der Waals surface area contributed by atoms with Gasteiger partial charge in [0.2, 0.25) is 0 Å². The molecule has 0 bridgehead atoms. The summed E-state index contributed by atoms with van der Waals surface area (Å²) in [6.07, 6.45) is 7.28. The number of nitrogens with two attached hydrogens (primary N) is 1. The number of amidine groups is 1. The Morgan fingerprint density at radius 3 is 2.93 bits per heavy atom. The van der Waals surface area contributed by atoms with E-state index in [1.165, 1.54) is 6.07 Å². The van der Waals surface area contributed by atoms with E-state index in [0.29, 0.717) is 28.5 Å². The molecule has 0 spiro atoms. The number of aromatic nitrogens is 2. The van der Waals surface area contributed by atoms with Gasteiger partial charge in [-0.2, -0.15) is 0 Å². The summed E-state index contributed by atoms with van der Waals surface area (Å²) in [5, 5.41) is 4.64. The van der Waals surface area contributed by atoms with Crippen molar-refractivity contribution in [3.63, 3.8) is 0 Å². The molecule has 0 amide bonds. The molecule has 3 N–H and O–H groups in total. The van der Waals surface area contributed by atoms with Gasteiger partial charge in [0.25, 0.3) is 0 Å². The molecule has 0 aliphatic carbocycles. The van der Waals surface area contributed by atoms with Crippen molar-refractivity contribution in [1.82, 2.24) is 14.9 Å². The molecular weight excluding hydrogens is 365 g/mol. The van der Waals surface area contributed by atoms with Crippen molar-refractivity contribution >= 4 is 28.3 Å². The minimum atomic E-state index is -0.378. The first kappa shape index (κ1) is 17.9. The van der Waals surface area contributed by atoms with Crippen LogP contribution in [0, 0.1) is 5.82 Å². The summed E-state index contributed by atoms with van der Waals surface area (Å²) in [6, 6.07) is 7.15. The first-order valence-corrected chi connectivity index (χ1v) is 9.41. The van der Waals surface area contributed by atoms with Crippen LogP contribution in [-0.2, 0) is 6.54 Å². The molecule has 27 heavy (non-hydrogen) atoms. The fourth-order valence-corrected chi connectivity index (χ4v) is 3.72. The molecule has 7 heteroatoms. The Morgan fingerprint density at radius 2 is 2.15 bits per heavy atom. The molecule has 140 valence electrons. The number of halogens is 2. The maximum atomic E-state index is 14.8. The second kappa shape index (κ2) is 7.66. The van der Waals surface area contributed by atoms with E-state index in [0.717, 1.165) is 36.8 Å². The lowest BCUT2D eigenvalue weighted by Gasteiger charge is -2.19. The zero-order chi connectivity index (χ0) is 18.8. The third kappa shape index (κ3) is 3.82. The Hall–Kier alpha value is -2.44. The topological polar surface area (TPSA) is 68.2 Å². The average molecular weight is 386 g/mol. The molecular formula is C20H21ClFN5. The van der Waals surface area contributed by atoms with Gasteiger partial charge in [-0.15, -0.1) is 0 Å². The molecule has 1 saturated heterocycles. The molecule has 5 nitrogen and oxygen atoms in total. The van der Waals surface area contributed by atoms with Gasteiger partial charge in [-0.3, -0.25) is 9.98 Å². The Morgan fingerprint density at radius 1 is 1.33 bits per heavy atom. The quantitative estimate of drug-likeness (QED) is 0.534. The average Bonchev–Trinajstić information content (AvgIpc) is 3.08. The Balaban J connectivity index is 1.61. The van der Waals surface area contributed by atoms with Crippen molar-refractivity contribution in [2.45, 2.75) is 25.4 Å². The molecule has 1 fully saturated rings. The number of rotatable bonds is 4. The van der Waals surface area contributed by atoms with Crippen LogP contribution in [0.25, 0.3) is 10.9 Å². The number of benzene rings is 1. The fourth-order valence-electron chi connectivity index (χ4n) is 3.46. The van der Waals surface area contributed by atoms with E-state index in [2.05, 4.69) is 15.3 Å². The van der Waals surface area contributed by atoms with Crippen LogP contribution in [0.4, 0.5) is 4.39 Å². The molecule has 0 radical (unpaired) electrons. The number of nitrogens with one attached hydrogen (secondary N) is 1. The largest absolute Gasteiger partial charge is 0.383 e. The Bertz CT molecular complexity index is 968. The van der Waals surface area contributed by atoms with Gasteiger partial charge in [0.15, 0.2) is 0 Å². The van der Waals surface area contributed by atoms with Gasteiger partial charge >= 0.3 is 0 Å². The molecule has 3 heterocycles. The van der Waals surface area contributed by atoms with E-state index in [1.807, 2.05) is 22.9 Å². The zero-order valence-electron chi connectivity index (χ0n) is 14.8. The maximum absolute atomic E-state index is 14.8. The van der Waals surface area contributed by atoms with Crippen molar-refractivity contribution in [2.75, 3.05) is 13.1 Å². The summed E-state index contributed by atoms with van der Waals surface area (Å²) in [5.74, 6) is -0.0383. The minimum Gasteiger partial charge on any atom is -0.383 e. The van der Waals surface area contributed by atoms with Gasteiger partial charge in [0, 0.05) is 40.1 Å². The molecule has 0 saturated carbocycles. The predicted molar refractivity (Wildman–Crippen MR) is 107 cm³/mol. The molecule has 0 atom stereocenters. The summed E-state index contributed by atoms with van der Waals surface area (Å²) in [5.41, 5.74) is 8.06. The number of piperidine rings is 1. The molecule has 4 rings (SSSR count). The van der Waals surface area contributed by atoms with Gasteiger partial charge in [-0.05, 0) is 50.2 Å².